The van der Waals surface area contributed by atoms with Gasteiger partial charge < -0.3 is 10.2 Å². The molecule has 2 amide bonds. The normalized spacial score (nSPS) is 26.2. The number of carbonyl (C=O) groups is 2. The van der Waals surface area contributed by atoms with Crippen molar-refractivity contribution >= 4 is 11.8 Å². The monoisotopic (exact) mass is 296 g/mol. The highest BCUT2D eigenvalue weighted by Crippen LogP contribution is 2.28. The summed E-state index contributed by atoms with van der Waals surface area (Å²) in [7, 11) is 0. The van der Waals surface area contributed by atoms with Crippen LogP contribution in [0, 0.1) is 17.8 Å². The highest BCUT2D eigenvalue weighted by molar-refractivity contribution is 5.97. The number of piperazine rings is 1. The third-order valence-corrected chi connectivity index (χ3v) is 4.78. The van der Waals surface area contributed by atoms with Gasteiger partial charge in [0.05, 0.1) is 0 Å². The molecular formula is C17H32N2O2. The van der Waals surface area contributed by atoms with E-state index in [0.717, 1.165) is 12.8 Å². The molecule has 1 N–H and O–H groups in total. The maximum atomic E-state index is 13.0. The van der Waals surface area contributed by atoms with Gasteiger partial charge in [0, 0.05) is 6.04 Å². The van der Waals surface area contributed by atoms with Crippen molar-refractivity contribution in [2.24, 2.45) is 17.8 Å². The summed E-state index contributed by atoms with van der Waals surface area (Å²) in [5.74, 6) is 0.752. The quantitative estimate of drug-likeness (QED) is 0.819. The van der Waals surface area contributed by atoms with E-state index in [1.54, 1.807) is 0 Å². The lowest BCUT2D eigenvalue weighted by Crippen LogP contribution is -2.68. The first kappa shape index (κ1) is 18.0. The van der Waals surface area contributed by atoms with E-state index in [9.17, 15) is 9.59 Å². The van der Waals surface area contributed by atoms with Gasteiger partial charge in [-0.3, -0.25) is 9.59 Å². The van der Waals surface area contributed by atoms with Gasteiger partial charge in [-0.25, -0.2) is 0 Å². The molecule has 0 aromatic heterocycles. The lowest BCUT2D eigenvalue weighted by atomic mass is 9.87. The van der Waals surface area contributed by atoms with Gasteiger partial charge in [-0.1, -0.05) is 54.9 Å². The summed E-state index contributed by atoms with van der Waals surface area (Å²) in [6.07, 6.45) is 1.77. The van der Waals surface area contributed by atoms with Crippen molar-refractivity contribution in [3.8, 4) is 0 Å². The molecule has 1 aliphatic rings. The van der Waals surface area contributed by atoms with Gasteiger partial charge in [0.2, 0.25) is 11.8 Å². The van der Waals surface area contributed by atoms with Crippen LogP contribution in [0.3, 0.4) is 0 Å². The number of nitrogens with one attached hydrogen (secondary N) is 1. The van der Waals surface area contributed by atoms with Gasteiger partial charge in [-0.2, -0.15) is 0 Å². The molecule has 0 radical (unpaired) electrons. The molecule has 0 aromatic rings. The summed E-state index contributed by atoms with van der Waals surface area (Å²) in [5.41, 5.74) is 0. The van der Waals surface area contributed by atoms with E-state index in [1.807, 2.05) is 25.7 Å². The minimum absolute atomic E-state index is 0.00833. The molecule has 1 heterocycles. The van der Waals surface area contributed by atoms with Gasteiger partial charge in [0.15, 0.2) is 0 Å². The SMILES string of the molecule is CCC(C)C1NC(=O)C(C(C)C)N(C(CC)C(C)C)C1=O. The molecule has 0 spiro atoms. The third kappa shape index (κ3) is 3.58. The van der Waals surface area contributed by atoms with Crippen LogP contribution in [0.4, 0.5) is 0 Å². The lowest BCUT2D eigenvalue weighted by molar-refractivity contribution is -0.157. The minimum Gasteiger partial charge on any atom is -0.342 e. The number of hydrogen-bond acceptors (Lipinski definition) is 2. The lowest BCUT2D eigenvalue weighted by Gasteiger charge is -2.47. The van der Waals surface area contributed by atoms with E-state index in [2.05, 4.69) is 33.0 Å². The molecule has 4 nitrogen and oxygen atoms in total. The first-order valence-corrected chi connectivity index (χ1v) is 8.38. The van der Waals surface area contributed by atoms with Crippen LogP contribution in [0.25, 0.3) is 0 Å². The van der Waals surface area contributed by atoms with Crippen LogP contribution >= 0.6 is 0 Å². The second kappa shape index (κ2) is 7.28. The third-order valence-electron chi connectivity index (χ3n) is 4.78. The fourth-order valence-corrected chi connectivity index (χ4v) is 3.33. The van der Waals surface area contributed by atoms with Gasteiger partial charge in [-0.15, -0.1) is 0 Å². The molecule has 4 atom stereocenters. The van der Waals surface area contributed by atoms with Gasteiger partial charge in [-0.05, 0) is 24.2 Å². The van der Waals surface area contributed by atoms with Gasteiger partial charge >= 0.3 is 0 Å². The Morgan fingerprint density at radius 2 is 1.62 bits per heavy atom. The van der Waals surface area contributed by atoms with Crippen molar-refractivity contribution in [2.45, 2.75) is 79.4 Å². The minimum atomic E-state index is -0.370. The topological polar surface area (TPSA) is 49.4 Å². The van der Waals surface area contributed by atoms with Crippen LogP contribution in [0.1, 0.15) is 61.3 Å². The largest absolute Gasteiger partial charge is 0.342 e. The Balaban J connectivity index is 3.20. The molecule has 0 aliphatic carbocycles. The van der Waals surface area contributed by atoms with E-state index in [1.165, 1.54) is 0 Å². The fourth-order valence-electron chi connectivity index (χ4n) is 3.33. The predicted octanol–water partition coefficient (Wildman–Crippen LogP) is 2.82. The molecule has 0 aromatic carbocycles. The molecule has 0 bridgehead atoms. The van der Waals surface area contributed by atoms with Gasteiger partial charge in [0.25, 0.3) is 0 Å². The van der Waals surface area contributed by atoms with Crippen LogP contribution in [-0.2, 0) is 9.59 Å². The Morgan fingerprint density at radius 1 is 1.05 bits per heavy atom. The molecule has 4 unspecified atom stereocenters. The Morgan fingerprint density at radius 3 is 2.00 bits per heavy atom. The number of amides is 2. The van der Waals surface area contributed by atoms with Crippen molar-refractivity contribution in [2.75, 3.05) is 0 Å². The number of rotatable bonds is 6. The number of hydrogen-bond donors (Lipinski definition) is 1. The van der Waals surface area contributed by atoms with E-state index >= 15 is 0 Å². The fraction of sp³-hybridized carbons (Fsp3) is 0.882. The number of nitrogens with zero attached hydrogens (tertiary/aromatic N) is 1. The molecule has 1 saturated heterocycles. The predicted molar refractivity (Wildman–Crippen MR) is 85.8 cm³/mol. The maximum Gasteiger partial charge on any atom is 0.246 e. The van der Waals surface area contributed by atoms with Crippen molar-refractivity contribution in [3.63, 3.8) is 0 Å². The van der Waals surface area contributed by atoms with Crippen LogP contribution < -0.4 is 5.32 Å². The highest BCUT2D eigenvalue weighted by atomic mass is 16.2. The standard InChI is InChI=1S/C17H32N2O2/c1-8-12(7)14-17(21)19(13(9-2)10(3)4)15(11(5)6)16(20)18-14/h10-15H,8-9H2,1-7H3,(H,18,20). The summed E-state index contributed by atoms with van der Waals surface area (Å²) in [6, 6.07) is -0.585. The Kier molecular flexibility index (Phi) is 6.24. The molecule has 1 rings (SSSR count). The average molecular weight is 296 g/mol. The van der Waals surface area contributed by atoms with Crippen molar-refractivity contribution < 1.29 is 9.59 Å². The molecular weight excluding hydrogens is 264 g/mol. The maximum absolute atomic E-state index is 13.0. The van der Waals surface area contributed by atoms with Crippen LogP contribution in [-0.4, -0.2) is 34.8 Å². The van der Waals surface area contributed by atoms with E-state index in [4.69, 9.17) is 0 Å². The zero-order chi connectivity index (χ0) is 16.3. The average Bonchev–Trinajstić information content (AvgIpc) is 2.41. The molecule has 1 aliphatic heterocycles. The number of carbonyl (C=O) groups excluding carboxylic acids is 2. The van der Waals surface area contributed by atoms with E-state index < -0.39 is 0 Å². The van der Waals surface area contributed by atoms with Crippen LogP contribution in [0.5, 0.6) is 0 Å². The first-order chi connectivity index (χ1) is 9.76. The summed E-state index contributed by atoms with van der Waals surface area (Å²) < 4.78 is 0. The summed E-state index contributed by atoms with van der Waals surface area (Å²) in [5, 5.41) is 2.97. The molecule has 21 heavy (non-hydrogen) atoms. The van der Waals surface area contributed by atoms with Crippen LogP contribution in [0.15, 0.2) is 0 Å². The second-order valence-electron chi connectivity index (χ2n) is 7.03. The Labute approximate surface area is 129 Å². The van der Waals surface area contributed by atoms with Crippen molar-refractivity contribution in [3.05, 3.63) is 0 Å². The van der Waals surface area contributed by atoms with Gasteiger partial charge in [0.1, 0.15) is 12.1 Å². The Bertz CT molecular complexity index is 379. The molecule has 4 heteroatoms. The molecule has 1 fully saturated rings. The Hall–Kier alpha value is -1.06. The second-order valence-corrected chi connectivity index (χ2v) is 7.03. The zero-order valence-corrected chi connectivity index (χ0v) is 14.6. The summed E-state index contributed by atoms with van der Waals surface area (Å²) in [4.78, 5) is 27.5. The van der Waals surface area contributed by atoms with Crippen molar-refractivity contribution in [1.82, 2.24) is 10.2 Å². The molecule has 122 valence electrons. The smallest absolute Gasteiger partial charge is 0.246 e. The summed E-state index contributed by atoms with van der Waals surface area (Å²) in [6.45, 7) is 14.5. The zero-order valence-electron chi connectivity index (χ0n) is 14.6. The van der Waals surface area contributed by atoms with Crippen LogP contribution in [0.2, 0.25) is 0 Å². The highest BCUT2D eigenvalue weighted by Gasteiger charge is 2.46. The molecule has 0 saturated carbocycles. The van der Waals surface area contributed by atoms with E-state index in [-0.39, 0.29) is 41.8 Å². The first-order valence-electron chi connectivity index (χ1n) is 8.38. The van der Waals surface area contributed by atoms with E-state index in [0.29, 0.717) is 5.92 Å². The van der Waals surface area contributed by atoms with Crippen molar-refractivity contribution in [1.29, 1.82) is 0 Å². The summed E-state index contributed by atoms with van der Waals surface area (Å²) >= 11 is 0.